The molecule has 1 N–H and O–H groups in total. The van der Waals surface area contributed by atoms with E-state index in [9.17, 15) is 4.79 Å². The fourth-order valence-electron chi connectivity index (χ4n) is 4.40. The predicted molar refractivity (Wildman–Crippen MR) is 112 cm³/mol. The van der Waals surface area contributed by atoms with Crippen molar-refractivity contribution < 1.29 is 14.3 Å². The molecule has 2 aliphatic rings. The highest BCUT2D eigenvalue weighted by Gasteiger charge is 2.45. The quantitative estimate of drug-likeness (QED) is 0.794. The molecule has 5 nitrogen and oxygen atoms in total. The molecule has 0 spiro atoms. The second-order valence-corrected chi connectivity index (χ2v) is 9.51. The summed E-state index contributed by atoms with van der Waals surface area (Å²) in [6.07, 6.45) is 2.85. The first-order chi connectivity index (χ1) is 13.2. The zero-order valence-electron chi connectivity index (χ0n) is 18.0. The lowest BCUT2D eigenvalue weighted by Crippen LogP contribution is -2.54. The molecular weight excluding hydrogens is 352 g/mol. The van der Waals surface area contributed by atoms with Gasteiger partial charge in [0.1, 0.15) is 5.60 Å². The Labute approximate surface area is 169 Å². The summed E-state index contributed by atoms with van der Waals surface area (Å²) in [6.45, 7) is 10.2. The molecule has 28 heavy (non-hydrogen) atoms. The van der Waals surface area contributed by atoms with Gasteiger partial charge < -0.3 is 19.7 Å². The summed E-state index contributed by atoms with van der Waals surface area (Å²) in [5.74, 6) is 0.616. The monoisotopic (exact) mass is 388 g/mol. The van der Waals surface area contributed by atoms with Crippen LogP contribution >= 0.6 is 0 Å². The molecule has 1 saturated carbocycles. The standard InChI is InChI=1S/C23H36N2O3/c1-17(24-20-15-19(20)18-9-7-6-8-10-18)23(16-27-5)11-13-25(14-12-23)21(26)28-22(2,3)4/h6-10,17,19-20,24H,11-16H2,1-5H3. The molecule has 1 amide bonds. The van der Waals surface area contributed by atoms with Crippen molar-refractivity contribution in [3.05, 3.63) is 35.9 Å². The number of carbonyl (C=O) groups is 1. The first-order valence-corrected chi connectivity index (χ1v) is 10.5. The molecule has 0 radical (unpaired) electrons. The minimum Gasteiger partial charge on any atom is -0.444 e. The van der Waals surface area contributed by atoms with Gasteiger partial charge in [-0.15, -0.1) is 0 Å². The smallest absolute Gasteiger partial charge is 0.410 e. The molecule has 156 valence electrons. The van der Waals surface area contributed by atoms with E-state index < -0.39 is 5.60 Å². The van der Waals surface area contributed by atoms with Gasteiger partial charge in [0, 0.05) is 43.6 Å². The summed E-state index contributed by atoms with van der Waals surface area (Å²) >= 11 is 0. The number of ether oxygens (including phenoxy) is 2. The Morgan fingerprint density at radius 3 is 2.46 bits per heavy atom. The fourth-order valence-corrected chi connectivity index (χ4v) is 4.40. The minimum atomic E-state index is -0.453. The molecule has 1 aromatic rings. The van der Waals surface area contributed by atoms with Gasteiger partial charge in [0.05, 0.1) is 6.61 Å². The zero-order valence-corrected chi connectivity index (χ0v) is 18.0. The third kappa shape index (κ3) is 5.06. The Bertz CT molecular complexity index is 648. The van der Waals surface area contributed by atoms with Crippen LogP contribution in [0, 0.1) is 5.41 Å². The van der Waals surface area contributed by atoms with E-state index in [4.69, 9.17) is 9.47 Å². The number of nitrogens with one attached hydrogen (secondary N) is 1. The van der Waals surface area contributed by atoms with Crippen molar-refractivity contribution in [2.24, 2.45) is 5.41 Å². The van der Waals surface area contributed by atoms with Crippen molar-refractivity contribution in [2.75, 3.05) is 26.8 Å². The van der Waals surface area contributed by atoms with Crippen LogP contribution in [-0.4, -0.2) is 55.5 Å². The Kier molecular flexibility index (Phi) is 6.35. The summed E-state index contributed by atoms with van der Waals surface area (Å²) in [6, 6.07) is 11.6. The van der Waals surface area contributed by atoms with E-state index in [-0.39, 0.29) is 11.5 Å². The van der Waals surface area contributed by atoms with Gasteiger partial charge in [-0.1, -0.05) is 30.3 Å². The Balaban J connectivity index is 1.57. The molecule has 0 aromatic heterocycles. The lowest BCUT2D eigenvalue weighted by atomic mass is 9.73. The molecule has 1 aliphatic heterocycles. The van der Waals surface area contributed by atoms with Crippen molar-refractivity contribution in [1.82, 2.24) is 10.2 Å². The zero-order chi connectivity index (χ0) is 20.4. The van der Waals surface area contributed by atoms with Crippen LogP contribution in [-0.2, 0) is 9.47 Å². The van der Waals surface area contributed by atoms with Gasteiger partial charge in [0.15, 0.2) is 0 Å². The highest BCUT2D eigenvalue weighted by molar-refractivity contribution is 5.68. The van der Waals surface area contributed by atoms with Gasteiger partial charge in [-0.2, -0.15) is 0 Å². The van der Waals surface area contributed by atoms with Crippen LogP contribution in [0.1, 0.15) is 58.4 Å². The van der Waals surface area contributed by atoms with Crippen LogP contribution < -0.4 is 5.32 Å². The second kappa shape index (κ2) is 8.42. The van der Waals surface area contributed by atoms with Gasteiger partial charge in [0.25, 0.3) is 0 Å². The normalized spacial score (nSPS) is 25.2. The highest BCUT2D eigenvalue weighted by Crippen LogP contribution is 2.43. The SMILES string of the molecule is COCC1(C(C)NC2CC2c2ccccc2)CCN(C(=O)OC(C)(C)C)CC1. The maximum Gasteiger partial charge on any atom is 0.410 e. The highest BCUT2D eigenvalue weighted by atomic mass is 16.6. The van der Waals surface area contributed by atoms with E-state index >= 15 is 0 Å². The number of benzene rings is 1. The van der Waals surface area contributed by atoms with Crippen LogP contribution in [0.3, 0.4) is 0 Å². The number of nitrogens with zero attached hydrogens (tertiary/aromatic N) is 1. The molecule has 1 aromatic carbocycles. The van der Waals surface area contributed by atoms with E-state index in [1.807, 2.05) is 25.7 Å². The lowest BCUT2D eigenvalue weighted by molar-refractivity contribution is -0.0191. The summed E-state index contributed by atoms with van der Waals surface area (Å²) in [7, 11) is 1.78. The third-order valence-electron chi connectivity index (χ3n) is 6.24. The topological polar surface area (TPSA) is 50.8 Å². The largest absolute Gasteiger partial charge is 0.444 e. The van der Waals surface area contributed by atoms with E-state index in [1.165, 1.54) is 12.0 Å². The summed E-state index contributed by atoms with van der Waals surface area (Å²) in [5.41, 5.74) is 1.02. The van der Waals surface area contributed by atoms with Crippen molar-refractivity contribution in [3.8, 4) is 0 Å². The summed E-state index contributed by atoms with van der Waals surface area (Å²) in [5, 5.41) is 3.87. The predicted octanol–water partition coefficient (Wildman–Crippen LogP) is 4.18. The molecule has 1 saturated heterocycles. The van der Waals surface area contributed by atoms with E-state index in [2.05, 4.69) is 42.6 Å². The van der Waals surface area contributed by atoms with E-state index in [1.54, 1.807) is 7.11 Å². The molecule has 5 heteroatoms. The summed E-state index contributed by atoms with van der Waals surface area (Å²) < 4.78 is 11.2. The van der Waals surface area contributed by atoms with Crippen LogP contribution in [0.25, 0.3) is 0 Å². The number of hydrogen-bond acceptors (Lipinski definition) is 4. The maximum atomic E-state index is 12.4. The molecule has 0 bridgehead atoms. The first-order valence-electron chi connectivity index (χ1n) is 10.5. The van der Waals surface area contributed by atoms with Gasteiger partial charge in [-0.05, 0) is 52.5 Å². The molecule has 1 heterocycles. The molecule has 3 atom stereocenters. The second-order valence-electron chi connectivity index (χ2n) is 9.51. The Morgan fingerprint density at radius 2 is 1.89 bits per heavy atom. The van der Waals surface area contributed by atoms with E-state index in [0.29, 0.717) is 24.6 Å². The molecule has 3 rings (SSSR count). The molecule has 3 unspecified atom stereocenters. The number of carbonyl (C=O) groups excluding carboxylic acids is 1. The Morgan fingerprint density at radius 1 is 1.25 bits per heavy atom. The van der Waals surface area contributed by atoms with Crippen molar-refractivity contribution in [2.45, 2.75) is 70.6 Å². The van der Waals surface area contributed by atoms with Crippen LogP contribution in [0.2, 0.25) is 0 Å². The molecule has 1 aliphatic carbocycles. The maximum absolute atomic E-state index is 12.4. The number of likely N-dealkylation sites (tertiary alicyclic amines) is 1. The van der Waals surface area contributed by atoms with Crippen LogP contribution in [0.5, 0.6) is 0 Å². The lowest BCUT2D eigenvalue weighted by Gasteiger charge is -2.45. The third-order valence-corrected chi connectivity index (χ3v) is 6.24. The average molecular weight is 389 g/mol. The number of rotatable bonds is 6. The van der Waals surface area contributed by atoms with Crippen LogP contribution in [0.4, 0.5) is 4.79 Å². The van der Waals surface area contributed by atoms with Crippen molar-refractivity contribution in [3.63, 3.8) is 0 Å². The fraction of sp³-hybridized carbons (Fsp3) is 0.696. The van der Waals surface area contributed by atoms with Crippen LogP contribution in [0.15, 0.2) is 30.3 Å². The van der Waals surface area contributed by atoms with E-state index in [0.717, 1.165) is 25.9 Å². The number of piperidine rings is 1. The molecular formula is C23H36N2O3. The minimum absolute atomic E-state index is 0.0527. The van der Waals surface area contributed by atoms with Gasteiger partial charge in [-0.3, -0.25) is 0 Å². The van der Waals surface area contributed by atoms with Gasteiger partial charge in [-0.25, -0.2) is 4.79 Å². The number of hydrogen-bond donors (Lipinski definition) is 1. The number of methoxy groups -OCH3 is 1. The van der Waals surface area contributed by atoms with Gasteiger partial charge >= 0.3 is 6.09 Å². The number of amides is 1. The van der Waals surface area contributed by atoms with Gasteiger partial charge in [0.2, 0.25) is 0 Å². The van der Waals surface area contributed by atoms with Crippen molar-refractivity contribution >= 4 is 6.09 Å². The van der Waals surface area contributed by atoms with Crippen molar-refractivity contribution in [1.29, 1.82) is 0 Å². The Hall–Kier alpha value is -1.59. The molecule has 2 fully saturated rings. The average Bonchev–Trinajstić information content (AvgIpc) is 3.41. The first kappa shape index (κ1) is 21.1. The summed E-state index contributed by atoms with van der Waals surface area (Å²) in [4.78, 5) is 14.2.